The summed E-state index contributed by atoms with van der Waals surface area (Å²) >= 11 is 0. The molecule has 0 aliphatic carbocycles. The van der Waals surface area contributed by atoms with Crippen molar-refractivity contribution in [2.45, 2.75) is 19.8 Å². The number of methoxy groups -OCH3 is 1. The van der Waals surface area contributed by atoms with Crippen molar-refractivity contribution in [3.05, 3.63) is 18.3 Å². The zero-order valence-electron chi connectivity index (χ0n) is 13.2. The van der Waals surface area contributed by atoms with E-state index < -0.39 is 0 Å². The van der Waals surface area contributed by atoms with Crippen molar-refractivity contribution >= 4 is 5.82 Å². The Morgan fingerprint density at radius 1 is 1.38 bits per heavy atom. The molecule has 1 aliphatic heterocycles. The number of rotatable bonds is 8. The van der Waals surface area contributed by atoms with Crippen LogP contribution >= 0.6 is 0 Å². The lowest BCUT2D eigenvalue weighted by atomic mass is 9.97. The van der Waals surface area contributed by atoms with Gasteiger partial charge in [0.25, 0.3) is 0 Å². The second kappa shape index (κ2) is 8.85. The highest BCUT2D eigenvalue weighted by Gasteiger charge is 2.21. The summed E-state index contributed by atoms with van der Waals surface area (Å²) < 4.78 is 10.7. The highest BCUT2D eigenvalue weighted by Crippen LogP contribution is 2.29. The van der Waals surface area contributed by atoms with Crippen LogP contribution in [0, 0.1) is 5.92 Å². The zero-order chi connectivity index (χ0) is 14.9. The van der Waals surface area contributed by atoms with Gasteiger partial charge in [-0.3, -0.25) is 0 Å². The Labute approximate surface area is 127 Å². The number of ether oxygens (including phenoxy) is 2. The minimum absolute atomic E-state index is 0.679. The van der Waals surface area contributed by atoms with E-state index in [0.717, 1.165) is 50.3 Å². The Morgan fingerprint density at radius 3 is 2.90 bits per heavy atom. The Bertz CT molecular complexity index is 406. The van der Waals surface area contributed by atoms with E-state index in [0.29, 0.717) is 6.61 Å². The standard InChI is InChI=1S/C16H27N3O2/c1-3-21-15-5-4-8-18-16(15)19-10-6-14(7-11-19)13-17-9-12-20-2/h4-5,8,14,17H,3,6-7,9-13H2,1-2H3. The van der Waals surface area contributed by atoms with Gasteiger partial charge in [0.05, 0.1) is 13.2 Å². The quantitative estimate of drug-likeness (QED) is 0.742. The number of pyridine rings is 1. The molecule has 2 heterocycles. The summed E-state index contributed by atoms with van der Waals surface area (Å²) in [5, 5.41) is 3.46. The third kappa shape index (κ3) is 4.86. The molecule has 1 N–H and O–H groups in total. The zero-order valence-corrected chi connectivity index (χ0v) is 13.2. The molecule has 0 amide bonds. The van der Waals surface area contributed by atoms with Crippen LogP contribution in [0.2, 0.25) is 0 Å². The van der Waals surface area contributed by atoms with Gasteiger partial charge in [-0.15, -0.1) is 0 Å². The van der Waals surface area contributed by atoms with Crippen LogP contribution in [0.25, 0.3) is 0 Å². The van der Waals surface area contributed by atoms with Crippen LogP contribution in [0.5, 0.6) is 5.75 Å². The largest absolute Gasteiger partial charge is 0.490 e. The number of nitrogens with zero attached hydrogens (tertiary/aromatic N) is 2. The predicted molar refractivity (Wildman–Crippen MR) is 85.1 cm³/mol. The van der Waals surface area contributed by atoms with E-state index >= 15 is 0 Å². The summed E-state index contributed by atoms with van der Waals surface area (Å²) in [6.07, 6.45) is 4.24. The van der Waals surface area contributed by atoms with Crippen molar-refractivity contribution in [2.75, 3.05) is 51.4 Å². The maximum atomic E-state index is 5.68. The van der Waals surface area contributed by atoms with E-state index in [9.17, 15) is 0 Å². The molecule has 5 heteroatoms. The first-order chi connectivity index (χ1) is 10.3. The normalized spacial score (nSPS) is 16.2. The molecule has 1 aromatic heterocycles. The second-order valence-electron chi connectivity index (χ2n) is 5.39. The molecule has 1 saturated heterocycles. The molecule has 1 fully saturated rings. The number of nitrogens with one attached hydrogen (secondary N) is 1. The van der Waals surface area contributed by atoms with Crippen LogP contribution < -0.4 is 15.0 Å². The van der Waals surface area contributed by atoms with Gasteiger partial charge in [-0.25, -0.2) is 4.98 Å². The van der Waals surface area contributed by atoms with Gasteiger partial charge in [0.2, 0.25) is 0 Å². The first-order valence-electron chi connectivity index (χ1n) is 7.87. The predicted octanol–water partition coefficient (Wildman–Crippen LogP) is 1.93. The van der Waals surface area contributed by atoms with Gasteiger partial charge >= 0.3 is 0 Å². The Balaban J connectivity index is 1.81. The van der Waals surface area contributed by atoms with Crippen LogP contribution in [0.4, 0.5) is 5.82 Å². The first kappa shape index (κ1) is 16.0. The molecular weight excluding hydrogens is 266 g/mol. The van der Waals surface area contributed by atoms with Crippen LogP contribution in [-0.4, -0.2) is 51.5 Å². The molecule has 2 rings (SSSR count). The van der Waals surface area contributed by atoms with Crippen LogP contribution in [-0.2, 0) is 4.74 Å². The third-order valence-electron chi connectivity index (χ3n) is 3.88. The summed E-state index contributed by atoms with van der Waals surface area (Å²) in [4.78, 5) is 6.85. The van der Waals surface area contributed by atoms with Crippen molar-refractivity contribution in [3.63, 3.8) is 0 Å². The van der Waals surface area contributed by atoms with Gasteiger partial charge < -0.3 is 19.7 Å². The number of hydrogen-bond donors (Lipinski definition) is 1. The maximum Gasteiger partial charge on any atom is 0.171 e. The fourth-order valence-electron chi connectivity index (χ4n) is 2.72. The van der Waals surface area contributed by atoms with E-state index in [-0.39, 0.29) is 0 Å². The van der Waals surface area contributed by atoms with Gasteiger partial charge in [0.1, 0.15) is 0 Å². The van der Waals surface area contributed by atoms with Crippen molar-refractivity contribution in [1.29, 1.82) is 0 Å². The van der Waals surface area contributed by atoms with Gasteiger partial charge in [-0.05, 0) is 44.4 Å². The number of piperidine rings is 1. The van der Waals surface area contributed by atoms with Gasteiger partial charge in [0, 0.05) is 32.9 Å². The summed E-state index contributed by atoms with van der Waals surface area (Å²) in [5.74, 6) is 2.64. The van der Waals surface area contributed by atoms with E-state index in [1.54, 1.807) is 7.11 Å². The molecule has 0 radical (unpaired) electrons. The lowest BCUT2D eigenvalue weighted by molar-refractivity contribution is 0.196. The highest BCUT2D eigenvalue weighted by molar-refractivity contribution is 5.52. The van der Waals surface area contributed by atoms with Crippen LogP contribution in [0.3, 0.4) is 0 Å². The molecule has 0 saturated carbocycles. The molecule has 0 aromatic carbocycles. The van der Waals surface area contributed by atoms with Crippen molar-refractivity contribution < 1.29 is 9.47 Å². The van der Waals surface area contributed by atoms with E-state index in [2.05, 4.69) is 15.2 Å². The Hall–Kier alpha value is -1.33. The maximum absolute atomic E-state index is 5.68. The molecule has 21 heavy (non-hydrogen) atoms. The molecule has 0 spiro atoms. The topological polar surface area (TPSA) is 46.6 Å². The van der Waals surface area contributed by atoms with Crippen LogP contribution in [0.1, 0.15) is 19.8 Å². The van der Waals surface area contributed by atoms with E-state index in [4.69, 9.17) is 9.47 Å². The van der Waals surface area contributed by atoms with Crippen molar-refractivity contribution in [2.24, 2.45) is 5.92 Å². The average Bonchev–Trinajstić information content (AvgIpc) is 2.53. The SMILES string of the molecule is CCOc1cccnc1N1CCC(CNCCOC)CC1. The lowest BCUT2D eigenvalue weighted by Gasteiger charge is -2.33. The third-order valence-corrected chi connectivity index (χ3v) is 3.88. The van der Waals surface area contributed by atoms with Gasteiger partial charge in [-0.2, -0.15) is 0 Å². The van der Waals surface area contributed by atoms with Gasteiger partial charge in [0.15, 0.2) is 11.6 Å². The van der Waals surface area contributed by atoms with E-state index in [1.807, 2.05) is 25.3 Å². The smallest absolute Gasteiger partial charge is 0.171 e. The fourth-order valence-corrected chi connectivity index (χ4v) is 2.72. The fraction of sp³-hybridized carbons (Fsp3) is 0.688. The molecule has 5 nitrogen and oxygen atoms in total. The van der Waals surface area contributed by atoms with Gasteiger partial charge in [-0.1, -0.05) is 0 Å². The second-order valence-corrected chi connectivity index (χ2v) is 5.39. The number of hydrogen-bond acceptors (Lipinski definition) is 5. The molecule has 1 aliphatic rings. The first-order valence-corrected chi connectivity index (χ1v) is 7.87. The molecule has 0 atom stereocenters. The van der Waals surface area contributed by atoms with Crippen molar-refractivity contribution in [1.82, 2.24) is 10.3 Å². The molecule has 1 aromatic rings. The monoisotopic (exact) mass is 293 g/mol. The molecule has 118 valence electrons. The highest BCUT2D eigenvalue weighted by atomic mass is 16.5. The average molecular weight is 293 g/mol. The number of anilines is 1. The minimum atomic E-state index is 0.679. The Kier molecular flexibility index (Phi) is 6.76. The lowest BCUT2D eigenvalue weighted by Crippen LogP contribution is -2.38. The molecular formula is C16H27N3O2. The summed E-state index contributed by atoms with van der Waals surface area (Å²) in [6, 6.07) is 3.94. The van der Waals surface area contributed by atoms with Crippen molar-refractivity contribution in [3.8, 4) is 5.75 Å². The molecule has 0 bridgehead atoms. The van der Waals surface area contributed by atoms with Crippen LogP contribution in [0.15, 0.2) is 18.3 Å². The summed E-state index contributed by atoms with van der Waals surface area (Å²) in [6.45, 7) is 7.59. The molecule has 0 unspecified atom stereocenters. The number of aromatic nitrogens is 1. The minimum Gasteiger partial charge on any atom is -0.490 e. The Morgan fingerprint density at radius 2 is 2.19 bits per heavy atom. The summed E-state index contributed by atoms with van der Waals surface area (Å²) in [5.41, 5.74) is 0. The summed E-state index contributed by atoms with van der Waals surface area (Å²) in [7, 11) is 1.74. The van der Waals surface area contributed by atoms with E-state index in [1.165, 1.54) is 12.8 Å².